The highest BCUT2D eigenvalue weighted by Gasteiger charge is 2.51. The van der Waals surface area contributed by atoms with Crippen molar-refractivity contribution in [3.05, 3.63) is 0 Å². The van der Waals surface area contributed by atoms with Gasteiger partial charge in [-0.15, -0.1) is 0 Å². The lowest BCUT2D eigenvalue weighted by Crippen LogP contribution is -2.41. The minimum atomic E-state index is 0.156. The molecule has 1 saturated carbocycles. The van der Waals surface area contributed by atoms with Gasteiger partial charge in [-0.05, 0) is 25.2 Å². The summed E-state index contributed by atoms with van der Waals surface area (Å²) in [5.74, 6) is 1.51. The Hall–Kier alpha value is -0.810. The summed E-state index contributed by atoms with van der Waals surface area (Å²) in [6, 6.07) is 0.156. The number of amides is 2. The van der Waals surface area contributed by atoms with E-state index in [1.807, 2.05) is 19.0 Å². The van der Waals surface area contributed by atoms with Gasteiger partial charge in [-0.2, -0.15) is 0 Å². The molecule has 3 fully saturated rings. The standard InChI is InChI=1S/C16H29N3O2/c1-17(2)15(20)19-7-6-16(12-19)11-18(8-13-4-5-13)9-14(16)10-21-3/h13-14H,4-12H2,1-3H3/t14-,16+/m1/s1. The number of rotatable bonds is 4. The predicted octanol–water partition coefficient (Wildman–Crippen LogP) is 1.35. The van der Waals surface area contributed by atoms with Gasteiger partial charge in [-0.1, -0.05) is 0 Å². The molecule has 5 heteroatoms. The Kier molecular flexibility index (Phi) is 4.14. The summed E-state index contributed by atoms with van der Waals surface area (Å²) in [5, 5.41) is 0. The molecule has 0 aromatic rings. The first-order valence-corrected chi connectivity index (χ1v) is 8.21. The molecule has 2 amide bonds. The number of hydrogen-bond donors (Lipinski definition) is 0. The Morgan fingerprint density at radius 3 is 2.71 bits per heavy atom. The third-order valence-electron chi connectivity index (χ3n) is 5.50. The second-order valence-corrected chi connectivity index (χ2v) is 7.50. The lowest BCUT2D eigenvalue weighted by atomic mass is 9.78. The third-order valence-corrected chi connectivity index (χ3v) is 5.50. The lowest BCUT2D eigenvalue weighted by molar-refractivity contribution is 0.0966. The smallest absolute Gasteiger partial charge is 0.319 e. The monoisotopic (exact) mass is 295 g/mol. The fourth-order valence-corrected chi connectivity index (χ4v) is 4.18. The SMILES string of the molecule is COC[C@H]1CN(CC2CC2)C[C@]12CCN(C(=O)N(C)C)C2. The number of ether oxygens (including phenoxy) is 1. The van der Waals surface area contributed by atoms with Crippen molar-refractivity contribution in [1.29, 1.82) is 0 Å². The second kappa shape index (κ2) is 5.76. The van der Waals surface area contributed by atoms with Crippen LogP contribution in [0.3, 0.4) is 0 Å². The van der Waals surface area contributed by atoms with Crippen LogP contribution in [0, 0.1) is 17.3 Å². The third kappa shape index (κ3) is 3.04. The minimum Gasteiger partial charge on any atom is -0.384 e. The fourth-order valence-electron chi connectivity index (χ4n) is 4.18. The van der Waals surface area contributed by atoms with E-state index in [1.165, 1.54) is 19.4 Å². The van der Waals surface area contributed by atoms with Crippen molar-refractivity contribution in [2.75, 3.05) is 60.5 Å². The lowest BCUT2D eigenvalue weighted by Gasteiger charge is -2.30. The zero-order valence-corrected chi connectivity index (χ0v) is 13.7. The number of nitrogens with zero attached hydrogens (tertiary/aromatic N) is 3. The van der Waals surface area contributed by atoms with Crippen LogP contribution in [0.15, 0.2) is 0 Å². The summed E-state index contributed by atoms with van der Waals surface area (Å²) in [7, 11) is 5.48. The molecule has 0 unspecified atom stereocenters. The number of hydrogen-bond acceptors (Lipinski definition) is 3. The number of carbonyl (C=O) groups is 1. The van der Waals surface area contributed by atoms with Gasteiger partial charge >= 0.3 is 6.03 Å². The molecule has 0 bridgehead atoms. The highest BCUT2D eigenvalue weighted by Crippen LogP contribution is 2.45. The molecule has 2 atom stereocenters. The molecule has 5 nitrogen and oxygen atoms in total. The van der Waals surface area contributed by atoms with E-state index in [0.29, 0.717) is 5.92 Å². The first-order valence-electron chi connectivity index (χ1n) is 8.21. The molecule has 1 aliphatic carbocycles. The predicted molar refractivity (Wildman–Crippen MR) is 82.2 cm³/mol. The van der Waals surface area contributed by atoms with Crippen molar-refractivity contribution in [3.63, 3.8) is 0 Å². The first kappa shape index (κ1) is 15.1. The molecule has 3 aliphatic rings. The molecule has 2 aliphatic heterocycles. The summed E-state index contributed by atoms with van der Waals surface area (Å²) in [6.07, 6.45) is 3.94. The quantitative estimate of drug-likeness (QED) is 0.785. The number of carbonyl (C=O) groups excluding carboxylic acids is 1. The Balaban J connectivity index is 1.67. The normalized spacial score (nSPS) is 33.1. The first-order chi connectivity index (χ1) is 10.0. The van der Waals surface area contributed by atoms with E-state index in [4.69, 9.17) is 4.74 Å². The van der Waals surface area contributed by atoms with Crippen molar-refractivity contribution >= 4 is 6.03 Å². The second-order valence-electron chi connectivity index (χ2n) is 7.50. The van der Waals surface area contributed by atoms with E-state index in [0.717, 1.165) is 45.1 Å². The van der Waals surface area contributed by atoms with Gasteiger partial charge in [0, 0.05) is 65.3 Å². The number of methoxy groups -OCH3 is 1. The highest BCUT2D eigenvalue weighted by molar-refractivity contribution is 5.74. The van der Waals surface area contributed by atoms with Gasteiger partial charge in [0.15, 0.2) is 0 Å². The maximum absolute atomic E-state index is 12.2. The molecule has 3 rings (SSSR count). The van der Waals surface area contributed by atoms with E-state index in [1.54, 1.807) is 12.0 Å². The highest BCUT2D eigenvalue weighted by atomic mass is 16.5. The van der Waals surface area contributed by atoms with Crippen molar-refractivity contribution in [2.24, 2.45) is 17.3 Å². The zero-order chi connectivity index (χ0) is 15.0. The molecule has 2 saturated heterocycles. The molecular formula is C16H29N3O2. The van der Waals surface area contributed by atoms with Crippen LogP contribution < -0.4 is 0 Å². The zero-order valence-electron chi connectivity index (χ0n) is 13.7. The van der Waals surface area contributed by atoms with Crippen LogP contribution in [-0.4, -0.2) is 81.3 Å². The summed E-state index contributed by atoms with van der Waals surface area (Å²) in [4.78, 5) is 18.6. The van der Waals surface area contributed by atoms with E-state index in [9.17, 15) is 4.79 Å². The van der Waals surface area contributed by atoms with Gasteiger partial charge in [0.25, 0.3) is 0 Å². The van der Waals surface area contributed by atoms with Crippen LogP contribution in [0.1, 0.15) is 19.3 Å². The largest absolute Gasteiger partial charge is 0.384 e. The average Bonchev–Trinajstić information content (AvgIpc) is 3.06. The summed E-state index contributed by atoms with van der Waals surface area (Å²) >= 11 is 0. The van der Waals surface area contributed by atoms with Crippen molar-refractivity contribution in [1.82, 2.24) is 14.7 Å². The van der Waals surface area contributed by atoms with Gasteiger partial charge in [-0.3, -0.25) is 0 Å². The van der Waals surface area contributed by atoms with Crippen LogP contribution in [0.4, 0.5) is 4.79 Å². The Labute approximate surface area is 128 Å². The van der Waals surface area contributed by atoms with Gasteiger partial charge < -0.3 is 19.4 Å². The summed E-state index contributed by atoms with van der Waals surface area (Å²) < 4.78 is 5.48. The van der Waals surface area contributed by atoms with Gasteiger partial charge in [0.05, 0.1) is 6.61 Å². The van der Waals surface area contributed by atoms with Crippen LogP contribution in [-0.2, 0) is 4.74 Å². The van der Waals surface area contributed by atoms with E-state index in [-0.39, 0.29) is 11.4 Å². The fraction of sp³-hybridized carbons (Fsp3) is 0.938. The van der Waals surface area contributed by atoms with Gasteiger partial charge in [0.2, 0.25) is 0 Å². The molecule has 0 aromatic carbocycles. The van der Waals surface area contributed by atoms with Crippen molar-refractivity contribution < 1.29 is 9.53 Å². The number of likely N-dealkylation sites (tertiary alicyclic amines) is 2. The van der Waals surface area contributed by atoms with Crippen molar-refractivity contribution in [3.8, 4) is 0 Å². The number of urea groups is 1. The molecule has 0 aromatic heterocycles. The van der Waals surface area contributed by atoms with Gasteiger partial charge in [0.1, 0.15) is 0 Å². The molecule has 21 heavy (non-hydrogen) atoms. The maximum Gasteiger partial charge on any atom is 0.319 e. The van der Waals surface area contributed by atoms with Crippen LogP contribution in [0.2, 0.25) is 0 Å². The topological polar surface area (TPSA) is 36.0 Å². The van der Waals surface area contributed by atoms with Crippen LogP contribution in [0.25, 0.3) is 0 Å². The summed E-state index contributed by atoms with van der Waals surface area (Å²) in [5.41, 5.74) is 0.260. The van der Waals surface area contributed by atoms with E-state index >= 15 is 0 Å². The van der Waals surface area contributed by atoms with Crippen LogP contribution >= 0.6 is 0 Å². The Morgan fingerprint density at radius 2 is 2.10 bits per heavy atom. The average molecular weight is 295 g/mol. The Morgan fingerprint density at radius 1 is 1.33 bits per heavy atom. The molecule has 120 valence electrons. The van der Waals surface area contributed by atoms with Crippen LogP contribution in [0.5, 0.6) is 0 Å². The van der Waals surface area contributed by atoms with E-state index < -0.39 is 0 Å². The molecular weight excluding hydrogens is 266 g/mol. The molecule has 0 radical (unpaired) electrons. The molecule has 2 heterocycles. The molecule has 1 spiro atoms. The van der Waals surface area contributed by atoms with Gasteiger partial charge in [-0.25, -0.2) is 4.79 Å². The minimum absolute atomic E-state index is 0.156. The van der Waals surface area contributed by atoms with Crippen molar-refractivity contribution in [2.45, 2.75) is 19.3 Å². The maximum atomic E-state index is 12.2. The van der Waals surface area contributed by atoms with E-state index in [2.05, 4.69) is 4.90 Å². The summed E-state index contributed by atoms with van der Waals surface area (Å²) in [6.45, 7) is 6.17. The Bertz CT molecular complexity index is 397. The molecule has 0 N–H and O–H groups in total.